The molecule has 3 amide bonds. The summed E-state index contributed by atoms with van der Waals surface area (Å²) in [5.74, 6) is -1.27. The van der Waals surface area contributed by atoms with Crippen molar-refractivity contribution in [3.8, 4) is 0 Å². The lowest BCUT2D eigenvalue weighted by Crippen LogP contribution is -2.30. The number of ether oxygens (including phenoxy) is 1. The Hall–Kier alpha value is -3.62. The Morgan fingerprint density at radius 3 is 2.79 bits per heavy atom. The van der Waals surface area contributed by atoms with Crippen LogP contribution in [0, 0.1) is 5.92 Å². The number of nitrogens with zero attached hydrogens (tertiary/aromatic N) is 1. The number of likely N-dealkylation sites (tertiary alicyclic amines) is 1. The zero-order valence-corrected chi connectivity index (χ0v) is 15.8. The zero-order chi connectivity index (χ0) is 20.8. The smallest absolute Gasteiger partial charge is 0.325 e. The van der Waals surface area contributed by atoms with Crippen molar-refractivity contribution in [2.75, 3.05) is 25.5 Å². The van der Waals surface area contributed by atoms with Gasteiger partial charge in [-0.3, -0.25) is 19.2 Å². The van der Waals surface area contributed by atoms with Gasteiger partial charge >= 0.3 is 5.97 Å². The number of hydrogen-bond acceptors (Lipinski definition) is 6. The van der Waals surface area contributed by atoms with Crippen LogP contribution in [0.2, 0.25) is 0 Å². The topological polar surface area (TPSA) is 118 Å². The Morgan fingerprint density at radius 2 is 2.07 bits per heavy atom. The summed E-state index contributed by atoms with van der Waals surface area (Å²) < 4.78 is 9.72. The first-order valence-electron chi connectivity index (χ1n) is 9.02. The maximum Gasteiger partial charge on any atom is 0.325 e. The highest BCUT2D eigenvalue weighted by Gasteiger charge is 2.34. The van der Waals surface area contributed by atoms with Crippen molar-refractivity contribution in [1.29, 1.82) is 0 Å². The van der Waals surface area contributed by atoms with Gasteiger partial charge in [0.1, 0.15) is 12.3 Å². The van der Waals surface area contributed by atoms with Crippen molar-refractivity contribution >= 4 is 29.4 Å². The van der Waals surface area contributed by atoms with Gasteiger partial charge in [0.2, 0.25) is 11.8 Å². The van der Waals surface area contributed by atoms with E-state index in [0.29, 0.717) is 24.5 Å². The van der Waals surface area contributed by atoms with E-state index >= 15 is 0 Å². The minimum atomic E-state index is -0.562. The standard InChI is InChI=1S/C20H21N3O6/c1-28-18(25)10-21-19(26)13-4-2-5-15(8-13)22-20(27)14-9-17(24)23(11-14)12-16-6-3-7-29-16/h2-8,14H,9-12H2,1H3,(H,21,26)(H,22,27). The van der Waals surface area contributed by atoms with Gasteiger partial charge in [0.15, 0.2) is 0 Å². The van der Waals surface area contributed by atoms with Crippen molar-refractivity contribution in [3.05, 3.63) is 54.0 Å². The van der Waals surface area contributed by atoms with Crippen molar-refractivity contribution in [2.24, 2.45) is 5.92 Å². The lowest BCUT2D eigenvalue weighted by atomic mass is 10.1. The molecule has 1 aliphatic rings. The quantitative estimate of drug-likeness (QED) is 0.675. The molecule has 0 aliphatic carbocycles. The predicted molar refractivity (Wildman–Crippen MR) is 102 cm³/mol. The molecule has 2 heterocycles. The summed E-state index contributed by atoms with van der Waals surface area (Å²) >= 11 is 0. The largest absolute Gasteiger partial charge is 0.468 e. The monoisotopic (exact) mass is 399 g/mol. The number of carbonyl (C=O) groups is 4. The van der Waals surface area contributed by atoms with Crippen LogP contribution in [-0.4, -0.2) is 48.8 Å². The van der Waals surface area contributed by atoms with E-state index in [0.717, 1.165) is 0 Å². The van der Waals surface area contributed by atoms with E-state index in [-0.39, 0.29) is 30.3 Å². The minimum absolute atomic E-state index is 0.113. The Bertz CT molecular complexity index is 909. The Morgan fingerprint density at radius 1 is 1.24 bits per heavy atom. The van der Waals surface area contributed by atoms with Crippen molar-refractivity contribution in [3.63, 3.8) is 0 Å². The lowest BCUT2D eigenvalue weighted by molar-refractivity contribution is -0.139. The Balaban J connectivity index is 1.57. The normalized spacial score (nSPS) is 15.8. The zero-order valence-electron chi connectivity index (χ0n) is 15.8. The van der Waals surface area contributed by atoms with Gasteiger partial charge < -0.3 is 24.7 Å². The van der Waals surface area contributed by atoms with Crippen LogP contribution in [0.3, 0.4) is 0 Å². The fraction of sp³-hybridized carbons (Fsp3) is 0.300. The van der Waals surface area contributed by atoms with Crippen LogP contribution in [0.4, 0.5) is 5.69 Å². The summed E-state index contributed by atoms with van der Waals surface area (Å²) in [5.41, 5.74) is 0.714. The second-order valence-electron chi connectivity index (χ2n) is 6.58. The SMILES string of the molecule is COC(=O)CNC(=O)c1cccc(NC(=O)C2CC(=O)N(Cc3ccco3)C2)c1. The number of amides is 3. The average Bonchev–Trinajstić information content (AvgIpc) is 3.36. The fourth-order valence-electron chi connectivity index (χ4n) is 3.00. The van der Waals surface area contributed by atoms with Gasteiger partial charge in [-0.15, -0.1) is 0 Å². The molecule has 0 radical (unpaired) electrons. The maximum atomic E-state index is 12.6. The molecular weight excluding hydrogens is 378 g/mol. The number of carbonyl (C=O) groups excluding carboxylic acids is 4. The van der Waals surface area contributed by atoms with E-state index in [1.165, 1.54) is 19.4 Å². The number of rotatable bonds is 7. The van der Waals surface area contributed by atoms with Crippen LogP contribution >= 0.6 is 0 Å². The van der Waals surface area contributed by atoms with Crippen LogP contribution in [0.5, 0.6) is 0 Å². The first kappa shape index (κ1) is 20.1. The molecule has 1 atom stereocenters. The third-order valence-corrected chi connectivity index (χ3v) is 4.53. The highest BCUT2D eigenvalue weighted by molar-refractivity contribution is 6.00. The maximum absolute atomic E-state index is 12.6. The molecule has 1 aliphatic heterocycles. The van der Waals surface area contributed by atoms with Crippen LogP contribution < -0.4 is 10.6 Å². The van der Waals surface area contributed by atoms with Gasteiger partial charge in [-0.25, -0.2) is 0 Å². The number of nitrogens with one attached hydrogen (secondary N) is 2. The average molecular weight is 399 g/mol. The number of hydrogen-bond donors (Lipinski definition) is 2. The molecule has 1 aromatic heterocycles. The van der Waals surface area contributed by atoms with Crippen LogP contribution in [0.25, 0.3) is 0 Å². The summed E-state index contributed by atoms with van der Waals surface area (Å²) in [5, 5.41) is 5.17. The third kappa shape index (κ3) is 5.22. The van der Waals surface area contributed by atoms with Gasteiger partial charge in [0.25, 0.3) is 5.91 Å². The molecule has 1 aromatic carbocycles. The van der Waals surface area contributed by atoms with Gasteiger partial charge in [0.05, 0.1) is 25.8 Å². The molecule has 3 rings (SSSR count). The van der Waals surface area contributed by atoms with Crippen LogP contribution in [-0.2, 0) is 25.7 Å². The number of methoxy groups -OCH3 is 1. The summed E-state index contributed by atoms with van der Waals surface area (Å²) in [4.78, 5) is 49.6. The Labute approximate surface area is 167 Å². The van der Waals surface area contributed by atoms with E-state index in [9.17, 15) is 19.2 Å². The number of esters is 1. The van der Waals surface area contributed by atoms with E-state index in [4.69, 9.17) is 4.42 Å². The van der Waals surface area contributed by atoms with Crippen molar-refractivity contribution in [2.45, 2.75) is 13.0 Å². The summed E-state index contributed by atoms with van der Waals surface area (Å²) in [6.07, 6.45) is 1.65. The summed E-state index contributed by atoms with van der Waals surface area (Å²) in [7, 11) is 1.23. The van der Waals surface area contributed by atoms with Gasteiger partial charge in [-0.2, -0.15) is 0 Å². The third-order valence-electron chi connectivity index (χ3n) is 4.53. The lowest BCUT2D eigenvalue weighted by Gasteiger charge is -2.15. The Kier molecular flexibility index (Phi) is 6.28. The second kappa shape index (κ2) is 9.05. The fourth-order valence-corrected chi connectivity index (χ4v) is 3.00. The minimum Gasteiger partial charge on any atom is -0.468 e. The van der Waals surface area contributed by atoms with E-state index in [2.05, 4.69) is 15.4 Å². The molecule has 29 heavy (non-hydrogen) atoms. The molecule has 1 unspecified atom stereocenters. The molecule has 0 saturated carbocycles. The molecule has 0 bridgehead atoms. The molecule has 1 saturated heterocycles. The molecule has 2 N–H and O–H groups in total. The van der Waals surface area contributed by atoms with E-state index in [1.54, 1.807) is 35.2 Å². The first-order chi connectivity index (χ1) is 14.0. The van der Waals surface area contributed by atoms with Crippen LogP contribution in [0.1, 0.15) is 22.5 Å². The van der Waals surface area contributed by atoms with E-state index < -0.39 is 17.8 Å². The van der Waals surface area contributed by atoms with E-state index in [1.807, 2.05) is 0 Å². The van der Waals surface area contributed by atoms with Gasteiger partial charge in [-0.05, 0) is 30.3 Å². The molecular formula is C20H21N3O6. The predicted octanol–water partition coefficient (Wildman–Crippen LogP) is 1.17. The van der Waals surface area contributed by atoms with Gasteiger partial charge in [-0.1, -0.05) is 6.07 Å². The highest BCUT2D eigenvalue weighted by atomic mass is 16.5. The molecule has 0 spiro atoms. The molecule has 9 nitrogen and oxygen atoms in total. The van der Waals surface area contributed by atoms with Crippen LogP contribution in [0.15, 0.2) is 47.1 Å². The summed E-state index contributed by atoms with van der Waals surface area (Å²) in [6, 6.07) is 9.85. The number of benzene rings is 1. The molecule has 152 valence electrons. The number of furan rings is 1. The number of anilines is 1. The highest BCUT2D eigenvalue weighted by Crippen LogP contribution is 2.22. The van der Waals surface area contributed by atoms with Crippen molar-refractivity contribution < 1.29 is 28.3 Å². The molecule has 9 heteroatoms. The second-order valence-corrected chi connectivity index (χ2v) is 6.58. The first-order valence-corrected chi connectivity index (χ1v) is 9.02. The van der Waals surface area contributed by atoms with Crippen molar-refractivity contribution in [1.82, 2.24) is 10.2 Å². The molecule has 2 aromatic rings. The summed E-state index contributed by atoms with van der Waals surface area (Å²) in [6.45, 7) is 0.373. The molecule has 1 fully saturated rings. The van der Waals surface area contributed by atoms with Gasteiger partial charge in [0, 0.05) is 24.2 Å².